The van der Waals surface area contributed by atoms with E-state index in [4.69, 9.17) is 23.2 Å². The van der Waals surface area contributed by atoms with E-state index in [0.29, 0.717) is 15.2 Å². The average molecular weight is 430 g/mol. The Balaban J connectivity index is 1.67. The fourth-order valence-corrected chi connectivity index (χ4v) is 4.50. The van der Waals surface area contributed by atoms with Crippen molar-refractivity contribution in [2.45, 2.75) is 11.8 Å². The van der Waals surface area contributed by atoms with Gasteiger partial charge in [0.1, 0.15) is 5.75 Å². The Morgan fingerprint density at radius 3 is 2.54 bits per heavy atom. The molecule has 1 aromatic heterocycles. The summed E-state index contributed by atoms with van der Waals surface area (Å²) in [5, 5.41) is 1.45. The summed E-state index contributed by atoms with van der Waals surface area (Å²) < 4.78 is 25.4. The van der Waals surface area contributed by atoms with Gasteiger partial charge in [-0.15, -0.1) is 0 Å². The number of benzene rings is 2. The summed E-state index contributed by atoms with van der Waals surface area (Å²) in [6, 6.07) is 9.24. The monoisotopic (exact) mass is 429 g/mol. The number of anilines is 1. The van der Waals surface area contributed by atoms with Gasteiger partial charge in [0.05, 0.1) is 15.1 Å². The Morgan fingerprint density at radius 2 is 1.85 bits per heavy atom. The van der Waals surface area contributed by atoms with Crippen LogP contribution in [0.5, 0.6) is 0 Å². The normalized spacial score (nSPS) is 11.5. The lowest BCUT2D eigenvalue weighted by Gasteiger charge is -2.07. The molecule has 0 aliphatic rings. The van der Waals surface area contributed by atoms with Crippen LogP contribution in [0.15, 0.2) is 41.3 Å². The highest BCUT2D eigenvalue weighted by molar-refractivity contribution is 7.92. The fourth-order valence-electron chi connectivity index (χ4n) is 2.21. The molecule has 2 aromatic carbocycles. The smallest absolute Gasteiger partial charge is 0.253 e. The van der Waals surface area contributed by atoms with Crippen molar-refractivity contribution < 1.29 is 13.2 Å². The molecule has 26 heavy (non-hydrogen) atoms. The quantitative estimate of drug-likeness (QED) is 0.601. The third-order valence-corrected chi connectivity index (χ3v) is 6.78. The van der Waals surface area contributed by atoms with Gasteiger partial charge in [-0.1, -0.05) is 34.5 Å². The Hall–Kier alpha value is -1.87. The molecule has 0 atom stereocenters. The van der Waals surface area contributed by atoms with Crippen LogP contribution >= 0.6 is 34.5 Å². The van der Waals surface area contributed by atoms with Gasteiger partial charge in [-0.05, 0) is 48.9 Å². The van der Waals surface area contributed by atoms with Crippen LogP contribution < -0.4 is 10.9 Å². The van der Waals surface area contributed by atoms with Gasteiger partial charge in [-0.2, -0.15) is 0 Å². The van der Waals surface area contributed by atoms with E-state index in [1.54, 1.807) is 6.07 Å². The van der Waals surface area contributed by atoms with E-state index >= 15 is 0 Å². The van der Waals surface area contributed by atoms with E-state index in [1.807, 2.05) is 13.0 Å². The van der Waals surface area contributed by atoms with Crippen molar-refractivity contribution in [1.82, 2.24) is 10.4 Å². The summed E-state index contributed by atoms with van der Waals surface area (Å²) in [6.07, 6.45) is 0. The third-order valence-electron chi connectivity index (χ3n) is 3.55. The number of fused-ring (bicyclic) bond motifs is 1. The van der Waals surface area contributed by atoms with Crippen molar-refractivity contribution >= 4 is 65.6 Å². The maximum absolute atomic E-state index is 12.2. The van der Waals surface area contributed by atoms with Crippen molar-refractivity contribution in [3.63, 3.8) is 0 Å². The Labute approximate surface area is 164 Å². The van der Waals surface area contributed by atoms with Crippen LogP contribution in [0.25, 0.3) is 10.2 Å². The number of hydrazine groups is 1. The molecule has 0 saturated carbocycles. The minimum atomic E-state index is -3.76. The standard InChI is InChI=1S/C16H13Cl2N3O3S2/c1-9-12(18)6-7-13-15(9)19-16(25-13)21-20-14(22)8-26(23,24)11-4-2-10(17)3-5-11/h2-7H,8H2,1H3,(H,19,21)(H,20,22). The SMILES string of the molecule is Cc1c(Cl)ccc2sc(NNC(=O)CS(=O)(=O)c3ccc(Cl)cc3)nc12. The van der Waals surface area contributed by atoms with Gasteiger partial charge >= 0.3 is 0 Å². The van der Waals surface area contributed by atoms with Crippen LogP contribution in [0.1, 0.15) is 5.56 Å². The zero-order valence-corrected chi connectivity index (χ0v) is 16.6. The number of aromatic nitrogens is 1. The van der Waals surface area contributed by atoms with Gasteiger partial charge in [0.2, 0.25) is 5.13 Å². The topological polar surface area (TPSA) is 88.2 Å². The first-order chi connectivity index (χ1) is 12.3. The van der Waals surface area contributed by atoms with Crippen molar-refractivity contribution in [2.75, 3.05) is 11.2 Å². The minimum Gasteiger partial charge on any atom is -0.273 e. The predicted octanol–water partition coefficient (Wildman–Crippen LogP) is 3.83. The van der Waals surface area contributed by atoms with Gasteiger partial charge in [-0.25, -0.2) is 13.4 Å². The second-order valence-electron chi connectivity index (χ2n) is 5.42. The van der Waals surface area contributed by atoms with Crippen molar-refractivity contribution in [1.29, 1.82) is 0 Å². The molecule has 1 heterocycles. The molecule has 3 rings (SSSR count). The highest BCUT2D eigenvalue weighted by Gasteiger charge is 2.19. The van der Waals surface area contributed by atoms with Crippen molar-refractivity contribution in [3.05, 3.63) is 52.0 Å². The summed E-state index contributed by atoms with van der Waals surface area (Å²) in [4.78, 5) is 16.4. The van der Waals surface area contributed by atoms with Crippen LogP contribution in [-0.2, 0) is 14.6 Å². The first-order valence-electron chi connectivity index (χ1n) is 7.35. The number of aryl methyl sites for hydroxylation is 1. The molecule has 0 radical (unpaired) electrons. The fraction of sp³-hybridized carbons (Fsp3) is 0.125. The molecule has 0 unspecified atom stereocenters. The van der Waals surface area contributed by atoms with Crippen LogP contribution in [0.3, 0.4) is 0 Å². The number of amides is 1. The molecule has 0 aliphatic carbocycles. The lowest BCUT2D eigenvalue weighted by Crippen LogP contribution is -2.34. The second kappa shape index (κ2) is 7.40. The van der Waals surface area contributed by atoms with E-state index in [1.165, 1.54) is 35.6 Å². The van der Waals surface area contributed by atoms with E-state index < -0.39 is 21.5 Å². The lowest BCUT2D eigenvalue weighted by atomic mass is 10.2. The maximum atomic E-state index is 12.2. The van der Waals surface area contributed by atoms with Gasteiger partial charge in [0.15, 0.2) is 9.84 Å². The number of thiazole rings is 1. The van der Waals surface area contributed by atoms with Gasteiger partial charge in [0, 0.05) is 10.0 Å². The number of nitrogens with zero attached hydrogens (tertiary/aromatic N) is 1. The highest BCUT2D eigenvalue weighted by Crippen LogP contribution is 2.31. The Kier molecular flexibility index (Phi) is 5.38. The van der Waals surface area contributed by atoms with Crippen LogP contribution in [0, 0.1) is 6.92 Å². The van der Waals surface area contributed by atoms with Gasteiger partial charge in [-0.3, -0.25) is 15.6 Å². The van der Waals surface area contributed by atoms with E-state index in [0.717, 1.165) is 15.8 Å². The molecule has 10 heteroatoms. The maximum Gasteiger partial charge on any atom is 0.253 e. The Bertz CT molecular complexity index is 1080. The summed E-state index contributed by atoms with van der Waals surface area (Å²) >= 11 is 13.1. The Morgan fingerprint density at radius 1 is 1.15 bits per heavy atom. The molecule has 0 aliphatic heterocycles. The van der Waals surface area contributed by atoms with Gasteiger partial charge < -0.3 is 0 Å². The van der Waals surface area contributed by atoms with E-state index in [-0.39, 0.29) is 4.90 Å². The molecular weight excluding hydrogens is 417 g/mol. The minimum absolute atomic E-state index is 0.0299. The van der Waals surface area contributed by atoms with E-state index in [2.05, 4.69) is 15.8 Å². The molecule has 0 fully saturated rings. The summed E-state index contributed by atoms with van der Waals surface area (Å²) in [5.41, 5.74) is 6.56. The zero-order chi connectivity index (χ0) is 18.9. The first kappa shape index (κ1) is 18.9. The molecule has 6 nitrogen and oxygen atoms in total. The predicted molar refractivity (Wildman–Crippen MR) is 105 cm³/mol. The summed E-state index contributed by atoms with van der Waals surface area (Å²) in [5.74, 6) is -1.40. The van der Waals surface area contributed by atoms with E-state index in [9.17, 15) is 13.2 Å². The molecule has 1 amide bonds. The number of sulfone groups is 1. The number of carbonyl (C=O) groups is 1. The summed E-state index contributed by atoms with van der Waals surface area (Å²) in [7, 11) is -3.76. The molecule has 2 N–H and O–H groups in total. The molecule has 0 spiro atoms. The van der Waals surface area contributed by atoms with Crippen molar-refractivity contribution in [3.8, 4) is 0 Å². The largest absolute Gasteiger partial charge is 0.273 e. The molecule has 0 saturated heterocycles. The highest BCUT2D eigenvalue weighted by atomic mass is 35.5. The summed E-state index contributed by atoms with van der Waals surface area (Å²) in [6.45, 7) is 1.85. The van der Waals surface area contributed by atoms with Gasteiger partial charge in [0.25, 0.3) is 5.91 Å². The number of nitrogens with one attached hydrogen (secondary N) is 2. The number of halogens is 2. The first-order valence-corrected chi connectivity index (χ1v) is 10.6. The second-order valence-corrected chi connectivity index (χ2v) is 9.29. The van der Waals surface area contributed by atoms with Crippen LogP contribution in [0.4, 0.5) is 5.13 Å². The molecule has 0 bridgehead atoms. The van der Waals surface area contributed by atoms with Crippen molar-refractivity contribution in [2.24, 2.45) is 0 Å². The number of hydrogen-bond acceptors (Lipinski definition) is 6. The third kappa shape index (κ3) is 4.09. The molecule has 3 aromatic rings. The molecular formula is C16H13Cl2N3O3S2. The van der Waals surface area contributed by atoms with Crippen LogP contribution in [-0.4, -0.2) is 25.1 Å². The lowest BCUT2D eigenvalue weighted by molar-refractivity contribution is -0.118. The van der Waals surface area contributed by atoms with Crippen LogP contribution in [0.2, 0.25) is 10.0 Å². The average Bonchev–Trinajstić information content (AvgIpc) is 3.00. The molecule has 136 valence electrons. The number of carbonyl (C=O) groups excluding carboxylic acids is 1. The zero-order valence-electron chi connectivity index (χ0n) is 13.4. The number of hydrogen-bond donors (Lipinski definition) is 2. The number of rotatable bonds is 5.